The van der Waals surface area contributed by atoms with Crippen LogP contribution >= 0.6 is 27.3 Å². The number of hydrogen-bond acceptors (Lipinski definition) is 2. The van der Waals surface area contributed by atoms with E-state index in [0.717, 1.165) is 16.6 Å². The van der Waals surface area contributed by atoms with Gasteiger partial charge in [-0.1, -0.05) is 22.9 Å². The molecule has 90 valence electrons. The molecular weight excluding hydrogens is 286 g/mol. The minimum atomic E-state index is -0.159. The first kappa shape index (κ1) is 13.7. The molecule has 1 aromatic rings. The molecule has 0 aliphatic rings. The van der Waals surface area contributed by atoms with Gasteiger partial charge in [0.05, 0.1) is 4.88 Å². The van der Waals surface area contributed by atoms with Crippen molar-refractivity contribution in [1.29, 1.82) is 0 Å². The number of aryl methyl sites for hydroxylation is 1. The summed E-state index contributed by atoms with van der Waals surface area (Å²) in [6, 6.07) is 3.96. The van der Waals surface area contributed by atoms with Crippen molar-refractivity contribution >= 4 is 33.2 Å². The molecule has 0 atom stereocenters. The highest BCUT2D eigenvalue weighted by molar-refractivity contribution is 9.09. The van der Waals surface area contributed by atoms with Crippen molar-refractivity contribution in [2.75, 3.05) is 12.4 Å². The van der Waals surface area contributed by atoms with Crippen LogP contribution in [0.1, 0.15) is 35.3 Å². The second-order valence-corrected chi connectivity index (χ2v) is 6.16. The lowest BCUT2D eigenvalue weighted by Crippen LogP contribution is -2.46. The standard InChI is InChI=1S/C12H18BrNOS/c1-5-9-6-7-10(16-9)11(15)14(4)12(2,3)8-13/h6-7H,5,8H2,1-4H3. The molecule has 4 heteroatoms. The van der Waals surface area contributed by atoms with Crippen LogP contribution < -0.4 is 0 Å². The van der Waals surface area contributed by atoms with Gasteiger partial charge in [-0.15, -0.1) is 11.3 Å². The summed E-state index contributed by atoms with van der Waals surface area (Å²) in [5.74, 6) is 0.106. The van der Waals surface area contributed by atoms with E-state index in [1.165, 1.54) is 4.88 Å². The van der Waals surface area contributed by atoms with Gasteiger partial charge in [-0.05, 0) is 32.4 Å². The largest absolute Gasteiger partial charge is 0.335 e. The van der Waals surface area contributed by atoms with Gasteiger partial charge in [0, 0.05) is 22.8 Å². The average Bonchev–Trinajstić information content (AvgIpc) is 2.75. The van der Waals surface area contributed by atoms with E-state index >= 15 is 0 Å². The zero-order chi connectivity index (χ0) is 12.3. The lowest BCUT2D eigenvalue weighted by Gasteiger charge is -2.33. The number of amides is 1. The first-order valence-corrected chi connectivity index (χ1v) is 7.29. The van der Waals surface area contributed by atoms with E-state index in [4.69, 9.17) is 0 Å². The summed E-state index contributed by atoms with van der Waals surface area (Å²) in [6.45, 7) is 6.20. The number of alkyl halides is 1. The fourth-order valence-corrected chi connectivity index (χ4v) is 2.51. The molecule has 0 saturated carbocycles. The summed E-state index contributed by atoms with van der Waals surface area (Å²) >= 11 is 5.03. The van der Waals surface area contributed by atoms with Crippen LogP contribution in [-0.4, -0.2) is 28.7 Å². The predicted octanol–water partition coefficient (Wildman–Crippen LogP) is 3.56. The highest BCUT2D eigenvalue weighted by atomic mass is 79.9. The molecule has 0 aromatic carbocycles. The average molecular weight is 304 g/mol. The number of carbonyl (C=O) groups is 1. The van der Waals surface area contributed by atoms with E-state index in [1.54, 1.807) is 16.2 Å². The Balaban J connectivity index is 2.85. The predicted molar refractivity (Wildman–Crippen MR) is 73.7 cm³/mol. The van der Waals surface area contributed by atoms with E-state index in [9.17, 15) is 4.79 Å². The number of hydrogen-bond donors (Lipinski definition) is 0. The maximum atomic E-state index is 12.2. The maximum Gasteiger partial charge on any atom is 0.264 e. The van der Waals surface area contributed by atoms with Crippen LogP contribution in [0.2, 0.25) is 0 Å². The van der Waals surface area contributed by atoms with Gasteiger partial charge < -0.3 is 4.90 Å². The van der Waals surface area contributed by atoms with Crippen LogP contribution in [0.4, 0.5) is 0 Å². The first-order valence-electron chi connectivity index (χ1n) is 5.35. The molecule has 0 saturated heterocycles. The Kier molecular flexibility index (Phi) is 4.56. The van der Waals surface area contributed by atoms with Crippen molar-refractivity contribution in [2.45, 2.75) is 32.7 Å². The van der Waals surface area contributed by atoms with Crippen molar-refractivity contribution < 1.29 is 4.79 Å². The first-order chi connectivity index (χ1) is 7.42. The number of carbonyl (C=O) groups excluding carboxylic acids is 1. The van der Waals surface area contributed by atoms with E-state index in [1.807, 2.05) is 33.0 Å². The third kappa shape index (κ3) is 2.86. The van der Waals surface area contributed by atoms with E-state index in [2.05, 4.69) is 22.9 Å². The number of thiophene rings is 1. The minimum absolute atomic E-state index is 0.106. The van der Waals surface area contributed by atoms with Gasteiger partial charge in [0.2, 0.25) is 0 Å². The van der Waals surface area contributed by atoms with E-state index < -0.39 is 0 Å². The van der Waals surface area contributed by atoms with Crippen molar-refractivity contribution in [1.82, 2.24) is 4.90 Å². The summed E-state index contributed by atoms with van der Waals surface area (Å²) < 4.78 is 0. The summed E-state index contributed by atoms with van der Waals surface area (Å²) in [5.41, 5.74) is -0.159. The van der Waals surface area contributed by atoms with Gasteiger partial charge >= 0.3 is 0 Å². The second kappa shape index (κ2) is 5.32. The third-order valence-electron chi connectivity index (χ3n) is 2.76. The van der Waals surface area contributed by atoms with Gasteiger partial charge in [0.15, 0.2) is 0 Å². The molecule has 0 bridgehead atoms. The van der Waals surface area contributed by atoms with Crippen LogP contribution in [0.15, 0.2) is 12.1 Å². The summed E-state index contributed by atoms with van der Waals surface area (Å²) in [5, 5.41) is 0.772. The lowest BCUT2D eigenvalue weighted by atomic mass is 10.1. The fraction of sp³-hybridized carbons (Fsp3) is 0.583. The Morgan fingerprint density at radius 1 is 1.50 bits per heavy atom. The van der Waals surface area contributed by atoms with Crippen molar-refractivity contribution in [2.24, 2.45) is 0 Å². The molecule has 0 aliphatic carbocycles. The molecule has 1 amide bonds. The van der Waals surface area contributed by atoms with Crippen LogP contribution in [0, 0.1) is 0 Å². The highest BCUT2D eigenvalue weighted by Crippen LogP contribution is 2.23. The third-order valence-corrected chi connectivity index (χ3v) is 5.35. The van der Waals surface area contributed by atoms with E-state index in [-0.39, 0.29) is 11.4 Å². The Bertz CT molecular complexity index is 373. The molecule has 1 aromatic heterocycles. The molecule has 1 rings (SSSR count). The molecule has 0 unspecified atom stereocenters. The highest BCUT2D eigenvalue weighted by Gasteiger charge is 2.27. The van der Waals surface area contributed by atoms with Crippen molar-refractivity contribution in [3.8, 4) is 0 Å². The van der Waals surface area contributed by atoms with Gasteiger partial charge in [-0.25, -0.2) is 0 Å². The summed E-state index contributed by atoms with van der Waals surface area (Å²) in [7, 11) is 1.86. The molecular formula is C12H18BrNOS. The van der Waals surface area contributed by atoms with E-state index in [0.29, 0.717) is 0 Å². The van der Waals surface area contributed by atoms with Gasteiger partial charge in [0.25, 0.3) is 5.91 Å². The van der Waals surface area contributed by atoms with Gasteiger partial charge in [-0.3, -0.25) is 4.79 Å². The SMILES string of the molecule is CCc1ccc(C(=O)N(C)C(C)(C)CBr)s1. The molecule has 2 nitrogen and oxygen atoms in total. The zero-order valence-corrected chi connectivity index (χ0v) is 12.6. The Hall–Kier alpha value is -0.350. The maximum absolute atomic E-state index is 12.2. The molecule has 1 heterocycles. The Morgan fingerprint density at radius 3 is 2.56 bits per heavy atom. The zero-order valence-electron chi connectivity index (χ0n) is 10.2. The summed E-state index contributed by atoms with van der Waals surface area (Å²) in [4.78, 5) is 16.1. The summed E-state index contributed by atoms with van der Waals surface area (Å²) in [6.07, 6.45) is 0.990. The Morgan fingerprint density at radius 2 is 2.12 bits per heavy atom. The van der Waals surface area contributed by atoms with Gasteiger partial charge in [-0.2, -0.15) is 0 Å². The molecule has 0 N–H and O–H groups in total. The second-order valence-electron chi connectivity index (χ2n) is 4.43. The van der Waals surface area contributed by atoms with Crippen LogP contribution in [0.3, 0.4) is 0 Å². The Labute approximate surface area is 110 Å². The molecule has 16 heavy (non-hydrogen) atoms. The minimum Gasteiger partial charge on any atom is -0.335 e. The smallest absolute Gasteiger partial charge is 0.264 e. The van der Waals surface area contributed by atoms with Crippen LogP contribution in [0.5, 0.6) is 0 Å². The molecule has 0 aliphatic heterocycles. The monoisotopic (exact) mass is 303 g/mol. The number of nitrogens with zero attached hydrogens (tertiary/aromatic N) is 1. The van der Waals surface area contributed by atoms with Gasteiger partial charge in [0.1, 0.15) is 0 Å². The van der Waals surface area contributed by atoms with Crippen LogP contribution in [0.25, 0.3) is 0 Å². The number of rotatable bonds is 4. The molecule has 0 spiro atoms. The lowest BCUT2D eigenvalue weighted by molar-refractivity contribution is 0.0668. The molecule has 0 fully saturated rings. The molecule has 0 radical (unpaired) electrons. The van der Waals surface area contributed by atoms with Crippen molar-refractivity contribution in [3.05, 3.63) is 21.9 Å². The van der Waals surface area contributed by atoms with Crippen LogP contribution in [-0.2, 0) is 6.42 Å². The normalized spacial score (nSPS) is 11.6. The fourth-order valence-electron chi connectivity index (χ4n) is 1.21. The van der Waals surface area contributed by atoms with Crippen molar-refractivity contribution in [3.63, 3.8) is 0 Å². The topological polar surface area (TPSA) is 20.3 Å². The number of halogens is 1. The quantitative estimate of drug-likeness (QED) is 0.779.